The number of hydrogen-bond donors (Lipinski definition) is 1. The van der Waals surface area contributed by atoms with Gasteiger partial charge < -0.3 is 14.6 Å². The number of rotatable bonds is 5. The molecule has 0 saturated carbocycles. The van der Waals surface area contributed by atoms with E-state index < -0.39 is 40.4 Å². The summed E-state index contributed by atoms with van der Waals surface area (Å²) in [6.45, 7) is 1.16. The Morgan fingerprint density at radius 2 is 1.81 bits per heavy atom. The second kappa shape index (κ2) is 7.84. The Kier molecular flexibility index (Phi) is 5.53. The molecule has 0 bridgehead atoms. The quantitative estimate of drug-likeness (QED) is 0.875. The lowest BCUT2D eigenvalue weighted by atomic mass is 10.1. The number of aromatic nitrogens is 1. The molecule has 138 valence electrons. The zero-order chi connectivity index (χ0) is 18.7. The highest BCUT2D eigenvalue weighted by Gasteiger charge is 2.21. The molecule has 1 aliphatic rings. The summed E-state index contributed by atoms with van der Waals surface area (Å²) in [5.41, 5.74) is -1.64. The fraction of sp³-hybridized carbons (Fsp3) is 0.333. The van der Waals surface area contributed by atoms with Crippen LogP contribution in [0.5, 0.6) is 0 Å². The molecule has 1 saturated heterocycles. The van der Waals surface area contributed by atoms with E-state index >= 15 is 0 Å². The molecule has 1 aromatic heterocycles. The molecule has 1 aliphatic heterocycles. The van der Waals surface area contributed by atoms with Gasteiger partial charge >= 0.3 is 5.97 Å². The molecule has 0 atom stereocenters. The van der Waals surface area contributed by atoms with Crippen molar-refractivity contribution >= 4 is 5.97 Å². The van der Waals surface area contributed by atoms with E-state index in [1.165, 1.54) is 0 Å². The van der Waals surface area contributed by atoms with Crippen LogP contribution in [0.2, 0.25) is 0 Å². The molecule has 2 heterocycles. The van der Waals surface area contributed by atoms with Crippen LogP contribution in [0.3, 0.4) is 0 Å². The van der Waals surface area contributed by atoms with Gasteiger partial charge in [0.1, 0.15) is 28.8 Å². The fourth-order valence-corrected chi connectivity index (χ4v) is 2.73. The molecule has 8 heteroatoms. The molecule has 3 rings (SSSR count). The minimum Gasteiger partial charge on any atom is -0.477 e. The smallest absolute Gasteiger partial charge is 0.354 e. The van der Waals surface area contributed by atoms with Gasteiger partial charge in [0.15, 0.2) is 0 Å². The Labute approximate surface area is 147 Å². The van der Waals surface area contributed by atoms with Crippen LogP contribution in [0.4, 0.5) is 13.2 Å². The maximum absolute atomic E-state index is 14.4. The van der Waals surface area contributed by atoms with Crippen LogP contribution in [-0.4, -0.2) is 35.4 Å². The highest BCUT2D eigenvalue weighted by molar-refractivity contribution is 5.86. The summed E-state index contributed by atoms with van der Waals surface area (Å²) in [5, 5.41) is 8.93. The third-order valence-corrected chi connectivity index (χ3v) is 4.06. The summed E-state index contributed by atoms with van der Waals surface area (Å²) < 4.78 is 53.6. The minimum atomic E-state index is -1.42. The molecule has 0 spiro atoms. The predicted molar refractivity (Wildman–Crippen MR) is 85.1 cm³/mol. The van der Waals surface area contributed by atoms with Crippen LogP contribution in [0, 0.1) is 17.5 Å². The van der Waals surface area contributed by atoms with Crippen molar-refractivity contribution in [2.75, 3.05) is 13.2 Å². The van der Waals surface area contributed by atoms with E-state index in [1.807, 2.05) is 0 Å². The largest absolute Gasteiger partial charge is 0.477 e. The monoisotopic (exact) mass is 367 g/mol. The molecular weight excluding hydrogens is 351 g/mol. The van der Waals surface area contributed by atoms with Gasteiger partial charge in [0, 0.05) is 13.2 Å². The Hall–Kier alpha value is -2.45. The molecule has 0 unspecified atom stereocenters. The van der Waals surface area contributed by atoms with Crippen molar-refractivity contribution in [2.24, 2.45) is 0 Å². The van der Waals surface area contributed by atoms with E-state index in [1.54, 1.807) is 0 Å². The van der Waals surface area contributed by atoms with E-state index in [2.05, 4.69) is 4.98 Å². The lowest BCUT2D eigenvalue weighted by Crippen LogP contribution is -2.23. The Morgan fingerprint density at radius 3 is 2.42 bits per heavy atom. The summed E-state index contributed by atoms with van der Waals surface area (Å²) in [6.07, 6.45) is 1.38. The van der Waals surface area contributed by atoms with E-state index in [0.717, 1.165) is 24.3 Å². The first kappa shape index (κ1) is 18.3. The first-order chi connectivity index (χ1) is 12.5. The van der Waals surface area contributed by atoms with Gasteiger partial charge in [-0.15, -0.1) is 0 Å². The van der Waals surface area contributed by atoms with Gasteiger partial charge in [-0.25, -0.2) is 22.9 Å². The number of hydrogen-bond acceptors (Lipinski definition) is 4. The van der Waals surface area contributed by atoms with Gasteiger partial charge in [0.25, 0.3) is 0 Å². The number of pyridine rings is 1. The molecular formula is C18H16F3NO4. The van der Waals surface area contributed by atoms with Crippen molar-refractivity contribution in [3.8, 4) is 11.3 Å². The molecule has 0 aliphatic carbocycles. The molecule has 2 aromatic rings. The zero-order valence-electron chi connectivity index (χ0n) is 13.7. The Morgan fingerprint density at radius 1 is 1.15 bits per heavy atom. The highest BCUT2D eigenvalue weighted by Crippen LogP contribution is 2.29. The second-order valence-corrected chi connectivity index (χ2v) is 5.89. The zero-order valence-corrected chi connectivity index (χ0v) is 13.7. The number of carboxylic acid groups (broad SMARTS) is 1. The number of carbonyl (C=O) groups is 1. The van der Waals surface area contributed by atoms with Crippen LogP contribution in [0.15, 0.2) is 24.3 Å². The molecule has 1 aromatic carbocycles. The number of carboxylic acids is 1. The third-order valence-electron chi connectivity index (χ3n) is 4.06. The van der Waals surface area contributed by atoms with Crippen LogP contribution in [0.25, 0.3) is 11.3 Å². The fourth-order valence-electron chi connectivity index (χ4n) is 2.73. The molecule has 0 amide bonds. The lowest BCUT2D eigenvalue weighted by molar-refractivity contribution is -0.0391. The first-order valence-corrected chi connectivity index (χ1v) is 8.03. The van der Waals surface area contributed by atoms with E-state index in [0.29, 0.717) is 26.1 Å². The standard InChI is InChI=1S/C18H16F3NO4/c19-12-1-2-15(18(23)24)22-17(12)16-13(20)7-10(8-14(16)21)9-26-11-3-5-25-6-4-11/h1-2,7-8,11H,3-6,9H2,(H,23,24). The van der Waals surface area contributed by atoms with Crippen molar-refractivity contribution in [3.63, 3.8) is 0 Å². The lowest BCUT2D eigenvalue weighted by Gasteiger charge is -2.22. The summed E-state index contributed by atoms with van der Waals surface area (Å²) in [5.74, 6) is -4.51. The van der Waals surface area contributed by atoms with Crippen molar-refractivity contribution in [1.29, 1.82) is 0 Å². The summed E-state index contributed by atoms with van der Waals surface area (Å²) in [6, 6.07) is 3.80. The predicted octanol–water partition coefficient (Wildman–Crippen LogP) is 3.56. The minimum absolute atomic E-state index is 0.00383. The Balaban J connectivity index is 1.85. The number of ether oxygens (including phenoxy) is 2. The Bertz CT molecular complexity index is 799. The van der Waals surface area contributed by atoms with Crippen LogP contribution in [0.1, 0.15) is 28.9 Å². The second-order valence-electron chi connectivity index (χ2n) is 5.89. The van der Waals surface area contributed by atoms with Gasteiger partial charge in [-0.1, -0.05) is 0 Å². The summed E-state index contributed by atoms with van der Waals surface area (Å²) >= 11 is 0. The molecule has 26 heavy (non-hydrogen) atoms. The van der Waals surface area contributed by atoms with Gasteiger partial charge in [-0.2, -0.15) is 0 Å². The normalized spacial score (nSPS) is 15.2. The number of nitrogens with zero attached hydrogens (tertiary/aromatic N) is 1. The molecule has 0 radical (unpaired) electrons. The average molecular weight is 367 g/mol. The van der Waals surface area contributed by atoms with E-state index in [4.69, 9.17) is 14.6 Å². The maximum Gasteiger partial charge on any atom is 0.354 e. The molecule has 5 nitrogen and oxygen atoms in total. The third kappa shape index (κ3) is 4.03. The number of halogens is 3. The highest BCUT2D eigenvalue weighted by atomic mass is 19.1. The van der Waals surface area contributed by atoms with E-state index in [9.17, 15) is 18.0 Å². The number of benzene rings is 1. The topological polar surface area (TPSA) is 68.7 Å². The van der Waals surface area contributed by atoms with Crippen LogP contribution >= 0.6 is 0 Å². The average Bonchev–Trinajstić information content (AvgIpc) is 2.61. The van der Waals surface area contributed by atoms with Gasteiger partial charge in [0.05, 0.1) is 18.3 Å². The van der Waals surface area contributed by atoms with Crippen LogP contribution in [-0.2, 0) is 16.1 Å². The molecule has 1 fully saturated rings. The van der Waals surface area contributed by atoms with Gasteiger partial charge in [-0.3, -0.25) is 0 Å². The van der Waals surface area contributed by atoms with Crippen LogP contribution < -0.4 is 0 Å². The first-order valence-electron chi connectivity index (χ1n) is 8.03. The van der Waals surface area contributed by atoms with Gasteiger partial charge in [0.2, 0.25) is 0 Å². The maximum atomic E-state index is 14.4. The summed E-state index contributed by atoms with van der Waals surface area (Å²) in [7, 11) is 0. The van der Waals surface area contributed by atoms with Crippen molar-refractivity contribution in [3.05, 3.63) is 53.0 Å². The number of aromatic carboxylic acids is 1. The van der Waals surface area contributed by atoms with E-state index in [-0.39, 0.29) is 18.3 Å². The summed E-state index contributed by atoms with van der Waals surface area (Å²) in [4.78, 5) is 14.5. The van der Waals surface area contributed by atoms with Crippen molar-refractivity contribution < 1.29 is 32.5 Å². The molecule has 1 N–H and O–H groups in total. The van der Waals surface area contributed by atoms with Crippen molar-refractivity contribution in [1.82, 2.24) is 4.98 Å². The van der Waals surface area contributed by atoms with Crippen molar-refractivity contribution in [2.45, 2.75) is 25.6 Å². The van der Waals surface area contributed by atoms with Gasteiger partial charge in [-0.05, 0) is 42.7 Å². The SMILES string of the molecule is O=C(O)c1ccc(F)c(-c2c(F)cc(COC3CCOCC3)cc2F)n1.